The van der Waals surface area contributed by atoms with Gasteiger partial charge in [0.05, 0.1) is 17.1 Å². The van der Waals surface area contributed by atoms with Crippen LogP contribution in [-0.4, -0.2) is 35.7 Å². The number of imidazole rings is 1. The first-order chi connectivity index (χ1) is 8.07. The fourth-order valence-corrected chi connectivity index (χ4v) is 3.62. The molecule has 6 heteroatoms. The van der Waals surface area contributed by atoms with Crippen molar-refractivity contribution in [2.45, 2.75) is 11.2 Å². The third-order valence-electron chi connectivity index (χ3n) is 2.88. The largest absolute Gasteiger partial charge is 0.310 e. The van der Waals surface area contributed by atoms with Crippen LogP contribution < -0.4 is 0 Å². The first kappa shape index (κ1) is 11.1. The van der Waals surface area contributed by atoms with Gasteiger partial charge in [0, 0.05) is 17.8 Å². The first-order valence-corrected chi connectivity index (χ1v) is 8.37. The summed E-state index contributed by atoms with van der Waals surface area (Å²) in [4.78, 5) is 4.25. The molecule has 1 fully saturated rings. The fourth-order valence-electron chi connectivity index (χ4n) is 2.01. The van der Waals surface area contributed by atoms with E-state index in [1.54, 1.807) is 0 Å². The van der Waals surface area contributed by atoms with Gasteiger partial charge in [0.2, 0.25) is 15.0 Å². The summed E-state index contributed by atoms with van der Waals surface area (Å²) in [7, 11) is -3.27. The van der Waals surface area contributed by atoms with E-state index in [1.807, 2.05) is 40.6 Å². The van der Waals surface area contributed by atoms with Gasteiger partial charge >= 0.3 is 0 Å². The molecule has 3 rings (SSSR count). The summed E-state index contributed by atoms with van der Waals surface area (Å²) in [5, 5.41) is 0.198. The summed E-state index contributed by atoms with van der Waals surface area (Å²) in [6.45, 7) is 0. The molecular formula is C11H12N2O2S2. The van der Waals surface area contributed by atoms with E-state index in [2.05, 4.69) is 4.98 Å². The Morgan fingerprint density at radius 1 is 1.35 bits per heavy atom. The average Bonchev–Trinajstić information content (AvgIpc) is 2.55. The lowest BCUT2D eigenvalue weighted by Crippen LogP contribution is -2.25. The lowest BCUT2D eigenvalue weighted by atomic mass is 10.3. The van der Waals surface area contributed by atoms with E-state index >= 15 is 0 Å². The number of fused-ring (bicyclic) bond motifs is 1. The number of hydrogen-bond acceptors (Lipinski definition) is 4. The zero-order chi connectivity index (χ0) is 12.0. The predicted octanol–water partition coefficient (Wildman–Crippen LogP) is 1.73. The van der Waals surface area contributed by atoms with Gasteiger partial charge in [-0.05, 0) is 12.1 Å². The van der Waals surface area contributed by atoms with E-state index in [0.29, 0.717) is 0 Å². The molecule has 1 aromatic carbocycles. The van der Waals surface area contributed by atoms with Crippen LogP contribution >= 0.6 is 11.8 Å². The van der Waals surface area contributed by atoms with Gasteiger partial charge in [-0.1, -0.05) is 12.1 Å². The second-order valence-electron chi connectivity index (χ2n) is 4.22. The number of aromatic nitrogens is 2. The zero-order valence-corrected chi connectivity index (χ0v) is 11.0. The Kier molecular flexibility index (Phi) is 2.45. The Balaban J connectivity index is 2.33. The van der Waals surface area contributed by atoms with Crippen LogP contribution in [0.3, 0.4) is 0 Å². The van der Waals surface area contributed by atoms with Gasteiger partial charge in [0.1, 0.15) is 0 Å². The van der Waals surface area contributed by atoms with Crippen molar-refractivity contribution in [2.75, 3.05) is 17.8 Å². The maximum atomic E-state index is 11.8. The number of benzene rings is 1. The number of para-hydroxylation sites is 2. The van der Waals surface area contributed by atoms with Crippen molar-refractivity contribution in [3.8, 4) is 0 Å². The summed E-state index contributed by atoms with van der Waals surface area (Å²) >= 11 is 1.83. The van der Waals surface area contributed by atoms with Crippen LogP contribution in [0.25, 0.3) is 11.0 Å². The molecule has 0 radical (unpaired) electrons. The second kappa shape index (κ2) is 3.74. The van der Waals surface area contributed by atoms with E-state index in [1.165, 1.54) is 6.26 Å². The molecule has 0 spiro atoms. The van der Waals surface area contributed by atoms with Crippen molar-refractivity contribution in [1.82, 2.24) is 9.55 Å². The third kappa shape index (κ3) is 1.75. The number of thioether (sulfide) groups is 1. The number of nitrogens with zero attached hydrogens (tertiary/aromatic N) is 2. The van der Waals surface area contributed by atoms with E-state index in [0.717, 1.165) is 22.5 Å². The van der Waals surface area contributed by atoms with Crippen LogP contribution in [0, 0.1) is 0 Å². The molecule has 4 nitrogen and oxygen atoms in total. The maximum Gasteiger partial charge on any atom is 0.228 e. The quantitative estimate of drug-likeness (QED) is 0.832. The van der Waals surface area contributed by atoms with Crippen LogP contribution in [0.2, 0.25) is 0 Å². The molecule has 1 aromatic heterocycles. The highest BCUT2D eigenvalue weighted by atomic mass is 32.2. The summed E-state index contributed by atoms with van der Waals surface area (Å²) in [6.07, 6.45) is 1.22. The van der Waals surface area contributed by atoms with Gasteiger partial charge in [-0.25, -0.2) is 13.4 Å². The summed E-state index contributed by atoms with van der Waals surface area (Å²) < 4.78 is 25.4. The maximum absolute atomic E-state index is 11.8. The number of sulfone groups is 1. The minimum Gasteiger partial charge on any atom is -0.310 e. The molecule has 1 aliphatic rings. The van der Waals surface area contributed by atoms with Crippen LogP contribution in [0.5, 0.6) is 0 Å². The van der Waals surface area contributed by atoms with Crippen molar-refractivity contribution in [3.63, 3.8) is 0 Å². The standard InChI is InChI=1S/C11H12N2O2S2/c1-17(14,15)11-12-9-4-2-3-5-10(9)13(11)8-6-16-7-8/h2-5,8H,6-7H2,1H3. The van der Waals surface area contributed by atoms with Crippen LogP contribution in [0.1, 0.15) is 6.04 Å². The van der Waals surface area contributed by atoms with Gasteiger partial charge < -0.3 is 4.57 Å². The molecule has 0 bridgehead atoms. The monoisotopic (exact) mass is 268 g/mol. The van der Waals surface area contributed by atoms with Crippen molar-refractivity contribution >= 4 is 32.6 Å². The van der Waals surface area contributed by atoms with Crippen LogP contribution in [0.15, 0.2) is 29.4 Å². The highest BCUT2D eigenvalue weighted by Gasteiger charge is 2.28. The van der Waals surface area contributed by atoms with Gasteiger partial charge in [0.25, 0.3) is 0 Å². The van der Waals surface area contributed by atoms with Crippen molar-refractivity contribution < 1.29 is 8.42 Å². The summed E-state index contributed by atoms with van der Waals surface area (Å²) in [5.41, 5.74) is 1.67. The Labute approximate surface area is 104 Å². The Bertz CT molecular complexity index is 672. The minimum absolute atomic E-state index is 0.198. The smallest absolute Gasteiger partial charge is 0.228 e. The Morgan fingerprint density at radius 2 is 2.06 bits per heavy atom. The molecule has 1 aliphatic heterocycles. The van der Waals surface area contributed by atoms with E-state index < -0.39 is 9.84 Å². The predicted molar refractivity (Wildman–Crippen MR) is 69.2 cm³/mol. The van der Waals surface area contributed by atoms with E-state index in [-0.39, 0.29) is 11.2 Å². The van der Waals surface area contributed by atoms with Crippen LogP contribution in [0.4, 0.5) is 0 Å². The number of hydrogen-bond donors (Lipinski definition) is 0. The fraction of sp³-hybridized carbons (Fsp3) is 0.364. The van der Waals surface area contributed by atoms with Crippen LogP contribution in [-0.2, 0) is 9.84 Å². The molecular weight excluding hydrogens is 256 g/mol. The van der Waals surface area contributed by atoms with E-state index in [4.69, 9.17) is 0 Å². The third-order valence-corrected chi connectivity index (χ3v) is 5.07. The van der Waals surface area contributed by atoms with Crippen molar-refractivity contribution in [2.24, 2.45) is 0 Å². The molecule has 0 aliphatic carbocycles. The van der Waals surface area contributed by atoms with Crippen molar-refractivity contribution in [1.29, 1.82) is 0 Å². The normalized spacial score (nSPS) is 17.2. The molecule has 0 unspecified atom stereocenters. The molecule has 17 heavy (non-hydrogen) atoms. The van der Waals surface area contributed by atoms with Gasteiger partial charge in [0.15, 0.2) is 0 Å². The summed E-state index contributed by atoms with van der Waals surface area (Å²) in [5.74, 6) is 1.92. The Hall–Kier alpha value is -1.01. The van der Waals surface area contributed by atoms with Crippen molar-refractivity contribution in [3.05, 3.63) is 24.3 Å². The molecule has 1 saturated heterocycles. The average molecular weight is 268 g/mol. The lowest BCUT2D eigenvalue weighted by Gasteiger charge is -2.28. The molecule has 0 saturated carbocycles. The molecule has 90 valence electrons. The van der Waals surface area contributed by atoms with Gasteiger partial charge in [-0.3, -0.25) is 0 Å². The molecule has 0 amide bonds. The van der Waals surface area contributed by atoms with Gasteiger partial charge in [-0.15, -0.1) is 0 Å². The van der Waals surface area contributed by atoms with Gasteiger partial charge in [-0.2, -0.15) is 11.8 Å². The summed E-state index contributed by atoms with van der Waals surface area (Å²) in [6, 6.07) is 7.84. The highest BCUT2D eigenvalue weighted by Crippen LogP contribution is 2.34. The topological polar surface area (TPSA) is 52.0 Å². The molecule has 0 N–H and O–H groups in total. The second-order valence-corrected chi connectivity index (χ2v) is 7.20. The SMILES string of the molecule is CS(=O)(=O)c1nc2ccccc2n1C1CSC1. The minimum atomic E-state index is -3.27. The number of rotatable bonds is 2. The molecule has 0 atom stereocenters. The molecule has 2 aromatic rings. The molecule has 2 heterocycles. The first-order valence-electron chi connectivity index (χ1n) is 5.32. The Morgan fingerprint density at radius 3 is 2.65 bits per heavy atom. The highest BCUT2D eigenvalue weighted by molar-refractivity contribution is 8.00. The zero-order valence-electron chi connectivity index (χ0n) is 9.33. The lowest BCUT2D eigenvalue weighted by molar-refractivity contribution is 0.530. The van der Waals surface area contributed by atoms with E-state index in [9.17, 15) is 8.42 Å².